The van der Waals surface area contributed by atoms with Crippen LogP contribution in [-0.4, -0.2) is 25.0 Å². The van der Waals surface area contributed by atoms with Crippen molar-refractivity contribution >= 4 is 11.8 Å². The van der Waals surface area contributed by atoms with Crippen LogP contribution < -0.4 is 15.4 Å². The van der Waals surface area contributed by atoms with E-state index in [9.17, 15) is 14.0 Å². The number of rotatable bonds is 10. The average Bonchev–Trinajstić information content (AvgIpc) is 2.66. The molecule has 0 aliphatic heterocycles. The van der Waals surface area contributed by atoms with E-state index in [4.69, 9.17) is 4.74 Å². The van der Waals surface area contributed by atoms with E-state index in [2.05, 4.69) is 10.6 Å². The van der Waals surface area contributed by atoms with Crippen LogP contribution in [0.25, 0.3) is 0 Å². The molecule has 0 aromatic heterocycles. The van der Waals surface area contributed by atoms with Gasteiger partial charge in [0, 0.05) is 25.9 Å². The number of hydrogen-bond donors (Lipinski definition) is 2. The second kappa shape index (κ2) is 10.9. The Hall–Kier alpha value is -2.89. The molecule has 0 unspecified atom stereocenters. The van der Waals surface area contributed by atoms with Gasteiger partial charge in [-0.05, 0) is 24.1 Å². The number of carbonyl (C=O) groups is 2. The molecule has 0 spiro atoms. The minimum atomic E-state index is -0.418. The lowest BCUT2D eigenvalue weighted by atomic mass is 10.2. The van der Waals surface area contributed by atoms with Gasteiger partial charge < -0.3 is 15.4 Å². The fourth-order valence-corrected chi connectivity index (χ4v) is 2.27. The van der Waals surface area contributed by atoms with Gasteiger partial charge in [0.05, 0.1) is 6.61 Å². The number of benzene rings is 2. The monoisotopic (exact) mass is 358 g/mol. The van der Waals surface area contributed by atoms with E-state index in [1.807, 2.05) is 30.3 Å². The molecule has 0 saturated carbocycles. The molecule has 2 rings (SSSR count). The number of amides is 2. The Morgan fingerprint density at radius 2 is 1.58 bits per heavy atom. The Balaban J connectivity index is 1.52. The van der Waals surface area contributed by atoms with Gasteiger partial charge in [0.15, 0.2) is 11.6 Å². The van der Waals surface area contributed by atoms with Crippen LogP contribution in [0.3, 0.4) is 0 Å². The van der Waals surface area contributed by atoms with E-state index in [0.29, 0.717) is 13.0 Å². The number of para-hydroxylation sites is 1. The molecule has 0 aliphatic rings. The van der Waals surface area contributed by atoms with Crippen LogP contribution in [0.2, 0.25) is 0 Å². The van der Waals surface area contributed by atoms with Crippen LogP contribution in [0.1, 0.15) is 24.8 Å². The minimum absolute atomic E-state index is 0.114. The van der Waals surface area contributed by atoms with Gasteiger partial charge in [-0.1, -0.05) is 42.5 Å². The van der Waals surface area contributed by atoms with Gasteiger partial charge >= 0.3 is 0 Å². The maximum Gasteiger partial charge on any atom is 0.222 e. The Labute approximate surface area is 152 Å². The van der Waals surface area contributed by atoms with E-state index in [1.165, 1.54) is 6.07 Å². The molecular weight excluding hydrogens is 335 g/mol. The van der Waals surface area contributed by atoms with Crippen LogP contribution in [-0.2, 0) is 16.1 Å². The molecule has 2 aromatic carbocycles. The summed E-state index contributed by atoms with van der Waals surface area (Å²) in [4.78, 5) is 23.4. The van der Waals surface area contributed by atoms with Crippen LogP contribution >= 0.6 is 0 Å². The number of nitrogens with one attached hydrogen (secondary N) is 2. The highest BCUT2D eigenvalue weighted by molar-refractivity contribution is 5.78. The van der Waals surface area contributed by atoms with Gasteiger partial charge in [0.1, 0.15) is 0 Å². The predicted octanol–water partition coefficient (Wildman–Crippen LogP) is 2.81. The molecular formula is C20H23FN2O3. The Kier molecular flexibility index (Phi) is 8.12. The predicted molar refractivity (Wildman–Crippen MR) is 97.0 cm³/mol. The number of hydrogen-bond acceptors (Lipinski definition) is 3. The van der Waals surface area contributed by atoms with Crippen molar-refractivity contribution in [3.05, 3.63) is 66.0 Å². The summed E-state index contributed by atoms with van der Waals surface area (Å²) in [6.45, 7) is 1.01. The summed E-state index contributed by atoms with van der Waals surface area (Å²) >= 11 is 0. The van der Waals surface area contributed by atoms with E-state index < -0.39 is 5.82 Å². The Morgan fingerprint density at radius 3 is 2.35 bits per heavy atom. The molecule has 0 bridgehead atoms. The van der Waals surface area contributed by atoms with Crippen LogP contribution in [0.4, 0.5) is 4.39 Å². The summed E-state index contributed by atoms with van der Waals surface area (Å²) in [5.41, 5.74) is 1.03. The topological polar surface area (TPSA) is 67.4 Å². The van der Waals surface area contributed by atoms with Gasteiger partial charge in [0.2, 0.25) is 11.8 Å². The summed E-state index contributed by atoms with van der Waals surface area (Å²) in [6, 6.07) is 15.8. The first-order chi connectivity index (χ1) is 12.6. The summed E-state index contributed by atoms with van der Waals surface area (Å²) < 4.78 is 18.6. The van der Waals surface area contributed by atoms with Gasteiger partial charge in [0.25, 0.3) is 0 Å². The zero-order valence-corrected chi connectivity index (χ0v) is 14.5. The van der Waals surface area contributed by atoms with Crippen molar-refractivity contribution in [2.24, 2.45) is 0 Å². The average molecular weight is 358 g/mol. The highest BCUT2D eigenvalue weighted by Crippen LogP contribution is 2.15. The molecule has 138 valence electrons. The molecule has 2 amide bonds. The highest BCUT2D eigenvalue weighted by atomic mass is 19.1. The van der Waals surface area contributed by atoms with Crippen molar-refractivity contribution in [1.29, 1.82) is 0 Å². The van der Waals surface area contributed by atoms with Crippen LogP contribution in [0, 0.1) is 5.82 Å². The fraction of sp³-hybridized carbons (Fsp3) is 0.300. The second-order valence-electron chi connectivity index (χ2n) is 5.74. The molecule has 26 heavy (non-hydrogen) atoms. The summed E-state index contributed by atoms with van der Waals surface area (Å²) in [5, 5.41) is 5.50. The first-order valence-corrected chi connectivity index (χ1v) is 8.60. The SMILES string of the molecule is O=C(CCCOc1ccccc1F)NCCC(=O)NCc1ccccc1. The van der Waals surface area contributed by atoms with Gasteiger partial charge in [-0.25, -0.2) is 4.39 Å². The number of ether oxygens (including phenoxy) is 1. The molecule has 0 radical (unpaired) electrons. The summed E-state index contributed by atoms with van der Waals surface area (Å²) in [6.07, 6.45) is 0.963. The molecule has 2 N–H and O–H groups in total. The van der Waals surface area contributed by atoms with Crippen LogP contribution in [0.15, 0.2) is 54.6 Å². The molecule has 6 heteroatoms. The number of halogens is 1. The smallest absolute Gasteiger partial charge is 0.222 e. The minimum Gasteiger partial charge on any atom is -0.491 e. The van der Waals surface area contributed by atoms with Crippen molar-refractivity contribution in [3.63, 3.8) is 0 Å². The summed E-state index contributed by atoms with van der Waals surface area (Å²) in [5.74, 6) is -0.503. The second-order valence-corrected chi connectivity index (χ2v) is 5.74. The maximum absolute atomic E-state index is 13.3. The third-order valence-corrected chi connectivity index (χ3v) is 3.65. The largest absolute Gasteiger partial charge is 0.491 e. The van der Waals surface area contributed by atoms with Crippen LogP contribution in [0.5, 0.6) is 5.75 Å². The Bertz CT molecular complexity index is 707. The first kappa shape index (κ1) is 19.4. The lowest BCUT2D eigenvalue weighted by molar-refractivity contribution is -0.122. The molecule has 2 aromatic rings. The van der Waals surface area contributed by atoms with Gasteiger partial charge in [-0.15, -0.1) is 0 Å². The zero-order chi connectivity index (χ0) is 18.6. The molecule has 0 saturated heterocycles. The standard InChI is InChI=1S/C20H23FN2O3/c21-17-9-4-5-10-18(17)26-14-6-11-19(24)22-13-12-20(25)23-15-16-7-2-1-3-8-16/h1-5,7-10H,6,11-15H2,(H,22,24)(H,23,25). The maximum atomic E-state index is 13.3. The number of carbonyl (C=O) groups excluding carboxylic acids is 2. The lowest BCUT2D eigenvalue weighted by Crippen LogP contribution is -2.30. The molecule has 0 aliphatic carbocycles. The molecule has 0 fully saturated rings. The molecule has 0 heterocycles. The van der Waals surface area contributed by atoms with Gasteiger partial charge in [-0.2, -0.15) is 0 Å². The normalized spacial score (nSPS) is 10.2. The zero-order valence-electron chi connectivity index (χ0n) is 14.5. The van der Waals surface area contributed by atoms with Crippen molar-refractivity contribution in [3.8, 4) is 5.75 Å². The highest BCUT2D eigenvalue weighted by Gasteiger charge is 2.05. The van der Waals surface area contributed by atoms with Crippen molar-refractivity contribution in [2.45, 2.75) is 25.8 Å². The third-order valence-electron chi connectivity index (χ3n) is 3.65. The Morgan fingerprint density at radius 1 is 0.885 bits per heavy atom. The third kappa shape index (κ3) is 7.34. The van der Waals surface area contributed by atoms with E-state index in [-0.39, 0.29) is 43.6 Å². The fourth-order valence-electron chi connectivity index (χ4n) is 2.27. The first-order valence-electron chi connectivity index (χ1n) is 8.60. The lowest BCUT2D eigenvalue weighted by Gasteiger charge is -2.08. The molecule has 0 atom stereocenters. The van der Waals surface area contributed by atoms with Crippen molar-refractivity contribution < 1.29 is 18.7 Å². The van der Waals surface area contributed by atoms with Gasteiger partial charge in [-0.3, -0.25) is 9.59 Å². The van der Waals surface area contributed by atoms with E-state index in [0.717, 1.165) is 5.56 Å². The van der Waals surface area contributed by atoms with Crippen molar-refractivity contribution in [1.82, 2.24) is 10.6 Å². The van der Waals surface area contributed by atoms with E-state index >= 15 is 0 Å². The van der Waals surface area contributed by atoms with E-state index in [1.54, 1.807) is 18.2 Å². The molecule has 5 nitrogen and oxygen atoms in total. The quantitative estimate of drug-likeness (QED) is 0.642. The van der Waals surface area contributed by atoms with Crippen molar-refractivity contribution in [2.75, 3.05) is 13.2 Å². The summed E-state index contributed by atoms with van der Waals surface area (Å²) in [7, 11) is 0.